The van der Waals surface area contributed by atoms with Gasteiger partial charge in [0.1, 0.15) is 6.04 Å². The maximum Gasteiger partial charge on any atom is 0.369 e. The first-order valence-electron chi connectivity index (χ1n) is 9.48. The Morgan fingerprint density at radius 1 is 1.16 bits per heavy atom. The molecule has 0 aliphatic carbocycles. The third kappa shape index (κ3) is 6.00. The number of carbonyl (C=O) groups excluding carboxylic acids is 2. The molecule has 1 heterocycles. The van der Waals surface area contributed by atoms with Crippen molar-refractivity contribution in [2.75, 3.05) is 13.1 Å². The van der Waals surface area contributed by atoms with E-state index in [0.717, 1.165) is 4.90 Å². The third-order valence-corrected chi connectivity index (χ3v) is 9.12. The van der Waals surface area contributed by atoms with E-state index in [0.29, 0.717) is 24.9 Å². The number of nitrogens with zero attached hydrogens (tertiary/aromatic N) is 1. The average Bonchev–Trinajstić information content (AvgIpc) is 3.20. The van der Waals surface area contributed by atoms with Gasteiger partial charge in [0.25, 0.3) is 5.08 Å². The van der Waals surface area contributed by atoms with Crippen LogP contribution in [0.15, 0.2) is 30.3 Å². The lowest BCUT2D eigenvalue weighted by Gasteiger charge is -2.35. The van der Waals surface area contributed by atoms with E-state index in [-0.39, 0.29) is 6.42 Å². The van der Waals surface area contributed by atoms with Gasteiger partial charge in [0.05, 0.1) is 6.04 Å². The van der Waals surface area contributed by atoms with Crippen LogP contribution in [0, 0.1) is 0 Å². The zero-order valence-corrected chi connectivity index (χ0v) is 18.4. The Kier molecular flexibility index (Phi) is 8.18. The van der Waals surface area contributed by atoms with Crippen LogP contribution in [0.3, 0.4) is 0 Å². The number of hydrogen-bond donors (Lipinski definition) is 7. The Morgan fingerprint density at radius 2 is 1.74 bits per heavy atom. The largest absolute Gasteiger partial charge is 0.369 e. The molecule has 0 unspecified atom stereocenters. The van der Waals surface area contributed by atoms with Gasteiger partial charge < -0.3 is 40.6 Å². The van der Waals surface area contributed by atoms with E-state index in [1.807, 2.05) is 0 Å². The Bertz CT molecular complexity index is 858. The van der Waals surface area contributed by atoms with Crippen LogP contribution < -0.4 is 11.1 Å². The summed E-state index contributed by atoms with van der Waals surface area (Å²) in [6, 6.07) is 6.57. The first kappa shape index (κ1) is 25.6. The summed E-state index contributed by atoms with van der Waals surface area (Å²) in [5.74, 6) is -1.53. The van der Waals surface area contributed by atoms with E-state index in [9.17, 15) is 43.4 Å². The molecule has 14 heteroatoms. The highest BCUT2D eigenvalue weighted by Crippen LogP contribution is 2.68. The Balaban J connectivity index is 2.39. The first-order chi connectivity index (χ1) is 14.3. The molecule has 1 aliphatic heterocycles. The molecule has 0 aromatic heterocycles. The summed E-state index contributed by atoms with van der Waals surface area (Å²) < 4.78 is 23.4. The number of aliphatic hydroxyl groups is 1. The number of carbonyl (C=O) groups is 2. The van der Waals surface area contributed by atoms with Gasteiger partial charge in [-0.15, -0.1) is 0 Å². The Labute approximate surface area is 178 Å². The number of amides is 2. The summed E-state index contributed by atoms with van der Waals surface area (Å²) >= 11 is 0. The molecule has 8 N–H and O–H groups in total. The maximum atomic E-state index is 13.1. The summed E-state index contributed by atoms with van der Waals surface area (Å²) in [4.78, 5) is 63.7. The predicted molar refractivity (Wildman–Crippen MR) is 110 cm³/mol. The number of nitrogens with one attached hydrogen (secondary N) is 1. The summed E-state index contributed by atoms with van der Waals surface area (Å²) in [7, 11) is -11.4. The third-order valence-electron chi connectivity index (χ3n) is 5.24. The molecule has 0 bridgehead atoms. The molecular formula is C17H27N3O9P2. The van der Waals surface area contributed by atoms with E-state index in [4.69, 9.17) is 5.73 Å². The monoisotopic (exact) mass is 479 g/mol. The van der Waals surface area contributed by atoms with Crippen molar-refractivity contribution in [3.8, 4) is 0 Å². The second-order valence-electron chi connectivity index (χ2n) is 7.40. The van der Waals surface area contributed by atoms with Crippen LogP contribution in [0.5, 0.6) is 0 Å². The lowest BCUT2D eigenvalue weighted by atomic mass is 10.0. The number of hydrogen-bond acceptors (Lipinski definition) is 6. The molecule has 0 saturated carbocycles. The minimum Gasteiger partial charge on any atom is -0.368 e. The average molecular weight is 479 g/mol. The van der Waals surface area contributed by atoms with Crippen LogP contribution in [0.4, 0.5) is 0 Å². The summed E-state index contributed by atoms with van der Waals surface area (Å²) in [5, 5.41) is 9.42. The van der Waals surface area contributed by atoms with Crippen molar-refractivity contribution in [2.45, 2.75) is 42.9 Å². The number of primary amides is 1. The lowest BCUT2D eigenvalue weighted by molar-refractivity contribution is -0.141. The van der Waals surface area contributed by atoms with Crippen LogP contribution >= 0.6 is 15.2 Å². The molecule has 1 saturated heterocycles. The van der Waals surface area contributed by atoms with Gasteiger partial charge in [0.2, 0.25) is 11.8 Å². The van der Waals surface area contributed by atoms with E-state index in [1.165, 1.54) is 0 Å². The van der Waals surface area contributed by atoms with Crippen LogP contribution in [-0.4, -0.2) is 71.7 Å². The molecule has 1 aromatic carbocycles. The van der Waals surface area contributed by atoms with Gasteiger partial charge in [-0.05, 0) is 24.9 Å². The summed E-state index contributed by atoms with van der Waals surface area (Å²) in [6.07, 6.45) is -0.0794. The smallest absolute Gasteiger partial charge is 0.368 e. The lowest BCUT2D eigenvalue weighted by Crippen LogP contribution is -2.55. The van der Waals surface area contributed by atoms with Crippen molar-refractivity contribution >= 4 is 27.0 Å². The Hall–Kier alpha value is -1.62. The molecule has 12 nitrogen and oxygen atoms in total. The number of nitrogens with two attached hydrogens (primary N) is 1. The highest BCUT2D eigenvalue weighted by Gasteiger charge is 2.59. The highest BCUT2D eigenvalue weighted by molar-refractivity contribution is 7.72. The summed E-state index contributed by atoms with van der Waals surface area (Å²) in [5.41, 5.74) is 6.15. The quantitative estimate of drug-likeness (QED) is 0.205. The Morgan fingerprint density at radius 3 is 2.19 bits per heavy atom. The zero-order valence-electron chi connectivity index (χ0n) is 16.6. The molecule has 0 radical (unpaired) electrons. The predicted octanol–water partition coefficient (Wildman–Crippen LogP) is -0.945. The van der Waals surface area contributed by atoms with Crippen LogP contribution in [0.25, 0.3) is 0 Å². The fourth-order valence-corrected chi connectivity index (χ4v) is 5.59. The van der Waals surface area contributed by atoms with Gasteiger partial charge in [-0.2, -0.15) is 0 Å². The second kappa shape index (κ2) is 9.89. The molecule has 31 heavy (non-hydrogen) atoms. The topological polar surface area (TPSA) is 211 Å². The van der Waals surface area contributed by atoms with Crippen molar-refractivity contribution in [1.29, 1.82) is 0 Å². The van der Waals surface area contributed by atoms with Crippen molar-refractivity contribution in [3.05, 3.63) is 35.9 Å². The van der Waals surface area contributed by atoms with Crippen molar-refractivity contribution in [1.82, 2.24) is 10.2 Å². The first-order valence-corrected chi connectivity index (χ1v) is 12.7. The SMILES string of the molecule is NC(=O)[C@H](Cc1ccccc1)N(CCC(O)(P(=O)(O)O)P(=O)(O)O)C(=O)[C@@H]1CCCN1. The molecule has 0 spiro atoms. The van der Waals surface area contributed by atoms with Gasteiger partial charge in [0, 0.05) is 19.4 Å². The minimum atomic E-state index is -5.72. The van der Waals surface area contributed by atoms with Crippen molar-refractivity contribution < 1.29 is 43.4 Å². The van der Waals surface area contributed by atoms with Crippen molar-refractivity contribution in [3.63, 3.8) is 0 Å². The van der Waals surface area contributed by atoms with E-state index >= 15 is 0 Å². The molecule has 1 aromatic rings. The van der Waals surface area contributed by atoms with Gasteiger partial charge in [-0.3, -0.25) is 18.7 Å². The molecule has 2 amide bonds. The molecule has 174 valence electrons. The standard InChI is InChI=1S/C17H27N3O9P2/c18-15(21)14(11-12-5-2-1-3-6-12)20(16(22)13-7-4-9-19-13)10-8-17(23,30(24,25)26)31(27,28)29/h1-3,5-6,13-14,19,23H,4,7-11H2,(H2,18,21)(H2,24,25,26)(H2,27,28,29)/t13-,14-/m0/s1. The van der Waals surface area contributed by atoms with Gasteiger partial charge in [-0.1, -0.05) is 30.3 Å². The van der Waals surface area contributed by atoms with Gasteiger partial charge >= 0.3 is 15.2 Å². The second-order valence-corrected chi connectivity index (χ2v) is 11.4. The molecule has 1 fully saturated rings. The molecule has 1 aliphatic rings. The number of benzene rings is 1. The van der Waals surface area contributed by atoms with Crippen molar-refractivity contribution in [2.24, 2.45) is 5.73 Å². The highest BCUT2D eigenvalue weighted by atomic mass is 31.2. The zero-order chi connectivity index (χ0) is 23.4. The fraction of sp³-hybridized carbons (Fsp3) is 0.529. The van der Waals surface area contributed by atoms with Crippen LogP contribution in [0.2, 0.25) is 0 Å². The molecular weight excluding hydrogens is 452 g/mol. The van der Waals surface area contributed by atoms with Crippen LogP contribution in [-0.2, 0) is 25.1 Å². The maximum absolute atomic E-state index is 13.1. The number of rotatable bonds is 10. The summed E-state index contributed by atoms with van der Waals surface area (Å²) in [6.45, 7) is -0.177. The molecule has 2 rings (SSSR count). The van der Waals surface area contributed by atoms with E-state index in [1.54, 1.807) is 30.3 Å². The van der Waals surface area contributed by atoms with Gasteiger partial charge in [-0.25, -0.2) is 0 Å². The fourth-order valence-electron chi connectivity index (χ4n) is 3.45. The van der Waals surface area contributed by atoms with E-state index < -0.39 is 57.1 Å². The normalized spacial score (nSPS) is 18.5. The van der Waals surface area contributed by atoms with Crippen LogP contribution in [0.1, 0.15) is 24.8 Å². The van der Waals surface area contributed by atoms with E-state index in [2.05, 4.69) is 5.32 Å². The minimum absolute atomic E-state index is 0.0289. The molecule has 2 atom stereocenters. The van der Waals surface area contributed by atoms with Gasteiger partial charge in [0.15, 0.2) is 0 Å².